The predicted molar refractivity (Wildman–Crippen MR) is 35.7 cm³/mol. The van der Waals surface area contributed by atoms with E-state index in [1.807, 2.05) is 0 Å². The van der Waals surface area contributed by atoms with Crippen LogP contribution in [0.25, 0.3) is 0 Å². The molecule has 0 aliphatic rings. The van der Waals surface area contributed by atoms with Crippen LogP contribution >= 0.6 is 0 Å². The van der Waals surface area contributed by atoms with E-state index in [1.54, 1.807) is 6.92 Å². The number of rotatable bonds is 3. The summed E-state index contributed by atoms with van der Waals surface area (Å²) >= 11 is 0. The summed E-state index contributed by atoms with van der Waals surface area (Å²) < 4.78 is 0. The first-order valence-electron chi connectivity index (χ1n) is 2.94. The molecule has 0 fully saturated rings. The molecule has 0 aliphatic heterocycles. The van der Waals surface area contributed by atoms with Crippen LogP contribution in [-0.2, 0) is 0 Å². The molecule has 0 spiro atoms. The summed E-state index contributed by atoms with van der Waals surface area (Å²) in [6, 6.07) is 0. The van der Waals surface area contributed by atoms with Crippen molar-refractivity contribution in [2.24, 2.45) is 5.92 Å². The van der Waals surface area contributed by atoms with E-state index in [1.165, 1.54) is 0 Å². The maximum atomic E-state index is 9.02. The molecule has 2 atom stereocenters. The second-order valence-electron chi connectivity index (χ2n) is 2.14. The van der Waals surface area contributed by atoms with Gasteiger partial charge in [-0.25, -0.2) is 0 Å². The van der Waals surface area contributed by atoms with E-state index in [0.717, 1.165) is 0 Å². The number of aliphatic hydroxyl groups excluding tert-OH is 2. The number of hydrogen-bond donors (Lipinski definition) is 2. The van der Waals surface area contributed by atoms with Gasteiger partial charge in [-0.2, -0.15) is 0 Å². The SMILES string of the molecule is C#CCC(O)C(C)CO. The molecule has 0 radical (unpaired) electrons. The molecule has 2 heteroatoms. The van der Waals surface area contributed by atoms with E-state index in [-0.39, 0.29) is 12.5 Å². The molecular formula is C7H12O2. The Morgan fingerprint density at radius 1 is 1.67 bits per heavy atom. The topological polar surface area (TPSA) is 40.5 Å². The Kier molecular flexibility index (Phi) is 4.12. The lowest BCUT2D eigenvalue weighted by Crippen LogP contribution is -2.19. The standard InChI is InChI=1S/C7H12O2/c1-3-4-7(9)6(2)5-8/h1,6-9H,4-5H2,2H3. The van der Waals surface area contributed by atoms with Gasteiger partial charge in [-0.15, -0.1) is 12.3 Å². The highest BCUT2D eigenvalue weighted by Crippen LogP contribution is 2.03. The van der Waals surface area contributed by atoms with Gasteiger partial charge in [0.25, 0.3) is 0 Å². The molecule has 0 aromatic rings. The van der Waals surface area contributed by atoms with Crippen LogP contribution < -0.4 is 0 Å². The summed E-state index contributed by atoms with van der Waals surface area (Å²) in [4.78, 5) is 0. The van der Waals surface area contributed by atoms with E-state index < -0.39 is 6.10 Å². The van der Waals surface area contributed by atoms with Crippen LogP contribution in [0.3, 0.4) is 0 Å². The van der Waals surface area contributed by atoms with Gasteiger partial charge in [-0.1, -0.05) is 6.92 Å². The minimum absolute atomic E-state index is 0.0111. The molecule has 0 rings (SSSR count). The first-order chi connectivity index (χ1) is 4.22. The summed E-state index contributed by atoms with van der Waals surface area (Å²) in [6.07, 6.45) is 4.70. The molecule has 0 heterocycles. The Labute approximate surface area is 55.5 Å². The lowest BCUT2D eigenvalue weighted by Gasteiger charge is -2.12. The molecule has 0 saturated heterocycles. The summed E-state index contributed by atoms with van der Waals surface area (Å²) in [6.45, 7) is 1.74. The molecule has 0 saturated carbocycles. The molecule has 2 N–H and O–H groups in total. The Morgan fingerprint density at radius 2 is 2.22 bits per heavy atom. The zero-order valence-corrected chi connectivity index (χ0v) is 5.54. The monoisotopic (exact) mass is 128 g/mol. The van der Waals surface area contributed by atoms with Crippen molar-refractivity contribution in [2.45, 2.75) is 19.4 Å². The van der Waals surface area contributed by atoms with Gasteiger partial charge in [0.1, 0.15) is 0 Å². The van der Waals surface area contributed by atoms with Crippen molar-refractivity contribution in [3.63, 3.8) is 0 Å². The van der Waals surface area contributed by atoms with Crippen LogP contribution in [0.4, 0.5) is 0 Å². The van der Waals surface area contributed by atoms with E-state index in [9.17, 15) is 0 Å². The molecule has 52 valence electrons. The normalized spacial score (nSPS) is 16.2. The molecule has 2 unspecified atom stereocenters. The first kappa shape index (κ1) is 8.48. The van der Waals surface area contributed by atoms with Crippen molar-refractivity contribution in [1.29, 1.82) is 0 Å². The number of terminal acetylenes is 1. The molecule has 2 nitrogen and oxygen atoms in total. The van der Waals surface area contributed by atoms with Gasteiger partial charge in [0.15, 0.2) is 0 Å². The zero-order chi connectivity index (χ0) is 7.28. The smallest absolute Gasteiger partial charge is 0.0696 e. The third-order valence-corrected chi connectivity index (χ3v) is 1.27. The fraction of sp³-hybridized carbons (Fsp3) is 0.714. The van der Waals surface area contributed by atoms with E-state index in [4.69, 9.17) is 16.6 Å². The molecule has 0 aromatic heterocycles. The van der Waals surface area contributed by atoms with Gasteiger partial charge in [0, 0.05) is 18.9 Å². The Bertz CT molecular complexity index is 104. The lowest BCUT2D eigenvalue weighted by atomic mass is 10.0. The van der Waals surface area contributed by atoms with Crippen LogP contribution in [-0.4, -0.2) is 22.9 Å². The van der Waals surface area contributed by atoms with Gasteiger partial charge in [-0.05, 0) is 0 Å². The summed E-state index contributed by atoms with van der Waals surface area (Å²) in [5.74, 6) is 2.21. The van der Waals surface area contributed by atoms with Crippen molar-refractivity contribution in [2.75, 3.05) is 6.61 Å². The van der Waals surface area contributed by atoms with Crippen LogP contribution in [0.5, 0.6) is 0 Å². The fourth-order valence-corrected chi connectivity index (χ4v) is 0.444. The molecule has 9 heavy (non-hydrogen) atoms. The Balaban J connectivity index is 3.48. The summed E-state index contributed by atoms with van der Waals surface area (Å²) in [5.41, 5.74) is 0. The van der Waals surface area contributed by atoms with Gasteiger partial charge in [0.2, 0.25) is 0 Å². The van der Waals surface area contributed by atoms with E-state index in [2.05, 4.69) is 5.92 Å². The molecular weight excluding hydrogens is 116 g/mol. The quantitative estimate of drug-likeness (QED) is 0.525. The molecule has 0 amide bonds. The maximum Gasteiger partial charge on any atom is 0.0696 e. The number of aliphatic hydroxyl groups is 2. The minimum atomic E-state index is -0.556. The highest BCUT2D eigenvalue weighted by molar-refractivity contribution is 4.88. The molecule has 0 bridgehead atoms. The Morgan fingerprint density at radius 3 is 2.56 bits per heavy atom. The number of hydrogen-bond acceptors (Lipinski definition) is 2. The van der Waals surface area contributed by atoms with E-state index in [0.29, 0.717) is 6.42 Å². The predicted octanol–water partition coefficient (Wildman–Crippen LogP) is -0.00100. The Hall–Kier alpha value is -0.520. The van der Waals surface area contributed by atoms with Crippen molar-refractivity contribution in [1.82, 2.24) is 0 Å². The van der Waals surface area contributed by atoms with Gasteiger partial charge in [-0.3, -0.25) is 0 Å². The van der Waals surface area contributed by atoms with Crippen molar-refractivity contribution >= 4 is 0 Å². The van der Waals surface area contributed by atoms with Crippen LogP contribution in [0.2, 0.25) is 0 Å². The van der Waals surface area contributed by atoms with Crippen LogP contribution in [0.15, 0.2) is 0 Å². The maximum absolute atomic E-state index is 9.02. The zero-order valence-electron chi connectivity index (χ0n) is 5.54. The van der Waals surface area contributed by atoms with Gasteiger partial charge >= 0.3 is 0 Å². The highest BCUT2D eigenvalue weighted by Gasteiger charge is 2.10. The average molecular weight is 128 g/mol. The van der Waals surface area contributed by atoms with Crippen molar-refractivity contribution < 1.29 is 10.2 Å². The summed E-state index contributed by atoms with van der Waals surface area (Å²) in [7, 11) is 0. The largest absolute Gasteiger partial charge is 0.396 e. The second kappa shape index (κ2) is 4.37. The third kappa shape index (κ3) is 3.12. The van der Waals surface area contributed by atoms with Gasteiger partial charge in [0.05, 0.1) is 6.10 Å². The molecule has 0 aromatic carbocycles. The highest BCUT2D eigenvalue weighted by atomic mass is 16.3. The van der Waals surface area contributed by atoms with Crippen LogP contribution in [0.1, 0.15) is 13.3 Å². The van der Waals surface area contributed by atoms with Crippen molar-refractivity contribution in [3.05, 3.63) is 0 Å². The minimum Gasteiger partial charge on any atom is -0.396 e. The average Bonchev–Trinajstić information content (AvgIpc) is 1.87. The molecule has 0 aliphatic carbocycles. The van der Waals surface area contributed by atoms with Crippen molar-refractivity contribution in [3.8, 4) is 12.3 Å². The lowest BCUT2D eigenvalue weighted by molar-refractivity contribution is 0.0811. The van der Waals surface area contributed by atoms with Crippen LogP contribution in [0, 0.1) is 18.3 Å². The third-order valence-electron chi connectivity index (χ3n) is 1.27. The summed E-state index contributed by atoms with van der Waals surface area (Å²) in [5, 5.41) is 17.5. The second-order valence-corrected chi connectivity index (χ2v) is 2.14. The van der Waals surface area contributed by atoms with E-state index >= 15 is 0 Å². The fourth-order valence-electron chi connectivity index (χ4n) is 0.444. The van der Waals surface area contributed by atoms with Gasteiger partial charge < -0.3 is 10.2 Å². The first-order valence-corrected chi connectivity index (χ1v) is 2.94.